The van der Waals surface area contributed by atoms with E-state index in [1.54, 1.807) is 6.20 Å². The van der Waals surface area contributed by atoms with Gasteiger partial charge in [0, 0.05) is 11.9 Å². The molecule has 0 radical (unpaired) electrons. The first-order chi connectivity index (χ1) is 5.29. The maximum Gasteiger partial charge on any atom is 0.254 e. The molecule has 0 aliphatic carbocycles. The first-order valence-corrected chi connectivity index (χ1v) is 3.42. The molecule has 2 aromatic heterocycles. The summed E-state index contributed by atoms with van der Waals surface area (Å²) < 4.78 is 1.92. The third kappa shape index (κ3) is 0.790. The van der Waals surface area contributed by atoms with Gasteiger partial charge in [0.1, 0.15) is 0 Å². The van der Waals surface area contributed by atoms with Crippen molar-refractivity contribution in [3.05, 3.63) is 23.8 Å². The predicted octanol–water partition coefficient (Wildman–Crippen LogP) is 0.741. The molecule has 56 valence electrons. The van der Waals surface area contributed by atoms with Gasteiger partial charge in [-0.15, -0.1) is 5.10 Å². The zero-order chi connectivity index (χ0) is 7.84. The Hall–Kier alpha value is -1.45. The van der Waals surface area contributed by atoms with E-state index in [0.29, 0.717) is 5.78 Å². The lowest BCUT2D eigenvalue weighted by Gasteiger charge is -1.90. The molecular formula is C7H8N4. The fourth-order valence-electron chi connectivity index (χ4n) is 1.04. The van der Waals surface area contributed by atoms with Crippen molar-refractivity contribution in [3.63, 3.8) is 0 Å². The van der Waals surface area contributed by atoms with E-state index < -0.39 is 0 Å². The zero-order valence-corrected chi connectivity index (χ0v) is 6.44. The second kappa shape index (κ2) is 2.02. The van der Waals surface area contributed by atoms with Crippen molar-refractivity contribution in [2.45, 2.75) is 13.8 Å². The molecule has 4 heteroatoms. The summed E-state index contributed by atoms with van der Waals surface area (Å²) in [6.07, 6.45) is 3.51. The molecule has 0 aliphatic rings. The van der Waals surface area contributed by atoms with Gasteiger partial charge in [0.2, 0.25) is 0 Å². The molecule has 2 aromatic rings. The molecule has 0 saturated heterocycles. The minimum atomic E-state index is 0.669. The molecule has 2 heterocycles. The molecule has 0 spiro atoms. The molecule has 2 rings (SSSR count). The van der Waals surface area contributed by atoms with Gasteiger partial charge in [-0.2, -0.15) is 5.10 Å². The summed E-state index contributed by atoms with van der Waals surface area (Å²) in [5.74, 6) is 0.669. The van der Waals surface area contributed by atoms with E-state index in [9.17, 15) is 0 Å². The van der Waals surface area contributed by atoms with Crippen LogP contribution in [-0.2, 0) is 0 Å². The van der Waals surface area contributed by atoms with Gasteiger partial charge < -0.3 is 0 Å². The van der Waals surface area contributed by atoms with Crippen LogP contribution in [0.3, 0.4) is 0 Å². The van der Waals surface area contributed by atoms with Crippen molar-refractivity contribution >= 4 is 5.78 Å². The molecule has 0 fully saturated rings. The van der Waals surface area contributed by atoms with Gasteiger partial charge in [-0.3, -0.25) is 4.40 Å². The van der Waals surface area contributed by atoms with Crippen LogP contribution in [0.1, 0.15) is 11.4 Å². The first-order valence-electron chi connectivity index (χ1n) is 3.42. The molecule has 0 N–H and O–H groups in total. The molecule has 11 heavy (non-hydrogen) atoms. The fourth-order valence-corrected chi connectivity index (χ4v) is 1.04. The Morgan fingerprint density at radius 2 is 2.18 bits per heavy atom. The molecule has 0 amide bonds. The number of fused-ring (bicyclic) bond motifs is 1. The fraction of sp³-hybridized carbons (Fsp3) is 0.286. The van der Waals surface area contributed by atoms with Crippen LogP contribution in [0.25, 0.3) is 5.78 Å². The van der Waals surface area contributed by atoms with Gasteiger partial charge in [-0.1, -0.05) is 0 Å². The Balaban J connectivity index is 2.92. The molecular weight excluding hydrogens is 140 g/mol. The Morgan fingerprint density at radius 3 is 2.91 bits per heavy atom. The first kappa shape index (κ1) is 6.27. The average molecular weight is 148 g/mol. The van der Waals surface area contributed by atoms with Crippen LogP contribution >= 0.6 is 0 Å². The van der Waals surface area contributed by atoms with Crippen molar-refractivity contribution < 1.29 is 0 Å². The van der Waals surface area contributed by atoms with Crippen molar-refractivity contribution in [2.24, 2.45) is 0 Å². The summed E-state index contributed by atoms with van der Waals surface area (Å²) in [5, 5.41) is 7.60. The second-order valence-corrected chi connectivity index (χ2v) is 2.47. The van der Waals surface area contributed by atoms with Gasteiger partial charge in [-0.05, 0) is 13.8 Å². The SMILES string of the molecule is Cc1nc2nnccn2c1C. The smallest absolute Gasteiger partial charge is 0.254 e. The van der Waals surface area contributed by atoms with E-state index in [2.05, 4.69) is 15.2 Å². The number of hydrogen-bond donors (Lipinski definition) is 0. The van der Waals surface area contributed by atoms with Crippen LogP contribution in [0.2, 0.25) is 0 Å². The summed E-state index contributed by atoms with van der Waals surface area (Å²) in [7, 11) is 0. The predicted molar refractivity (Wildman–Crippen MR) is 40.3 cm³/mol. The van der Waals surface area contributed by atoms with E-state index in [4.69, 9.17) is 0 Å². The minimum Gasteiger partial charge on any atom is -0.285 e. The van der Waals surface area contributed by atoms with E-state index in [-0.39, 0.29) is 0 Å². The Labute approximate surface area is 63.9 Å². The lowest BCUT2D eigenvalue weighted by molar-refractivity contribution is 0.950. The van der Waals surface area contributed by atoms with Gasteiger partial charge in [0.25, 0.3) is 5.78 Å². The van der Waals surface area contributed by atoms with Crippen LogP contribution < -0.4 is 0 Å². The van der Waals surface area contributed by atoms with Crippen molar-refractivity contribution in [2.75, 3.05) is 0 Å². The highest BCUT2D eigenvalue weighted by Crippen LogP contribution is 2.05. The minimum absolute atomic E-state index is 0.669. The monoisotopic (exact) mass is 148 g/mol. The molecule has 0 aliphatic heterocycles. The summed E-state index contributed by atoms with van der Waals surface area (Å²) in [6, 6.07) is 0. The molecule has 0 atom stereocenters. The number of imidazole rings is 1. The van der Waals surface area contributed by atoms with E-state index in [1.165, 1.54) is 0 Å². The quantitative estimate of drug-likeness (QED) is 0.553. The van der Waals surface area contributed by atoms with Crippen LogP contribution in [0.15, 0.2) is 12.4 Å². The van der Waals surface area contributed by atoms with Crippen molar-refractivity contribution in [1.82, 2.24) is 19.6 Å². The Kier molecular flexibility index (Phi) is 1.15. The van der Waals surface area contributed by atoms with Gasteiger partial charge in [0.15, 0.2) is 0 Å². The van der Waals surface area contributed by atoms with Crippen molar-refractivity contribution in [3.8, 4) is 0 Å². The average Bonchev–Trinajstić information content (AvgIpc) is 2.30. The van der Waals surface area contributed by atoms with Crippen LogP contribution in [0.4, 0.5) is 0 Å². The highest BCUT2D eigenvalue weighted by atomic mass is 15.2. The third-order valence-electron chi connectivity index (χ3n) is 1.80. The lowest BCUT2D eigenvalue weighted by Crippen LogP contribution is -1.90. The van der Waals surface area contributed by atoms with E-state index >= 15 is 0 Å². The Morgan fingerprint density at radius 1 is 1.36 bits per heavy atom. The maximum atomic E-state index is 4.20. The van der Waals surface area contributed by atoms with Crippen molar-refractivity contribution in [1.29, 1.82) is 0 Å². The lowest BCUT2D eigenvalue weighted by atomic mass is 10.4. The van der Waals surface area contributed by atoms with Crippen LogP contribution in [0, 0.1) is 13.8 Å². The summed E-state index contributed by atoms with van der Waals surface area (Å²) >= 11 is 0. The highest BCUT2D eigenvalue weighted by Gasteiger charge is 2.02. The topological polar surface area (TPSA) is 43.1 Å². The summed E-state index contributed by atoms with van der Waals surface area (Å²) in [4.78, 5) is 4.20. The van der Waals surface area contributed by atoms with Gasteiger partial charge in [0.05, 0.1) is 11.9 Å². The standard InChI is InChI=1S/C7H8N4/c1-5-6(2)11-4-3-8-10-7(11)9-5/h3-4H,1-2H3. The van der Waals surface area contributed by atoms with Gasteiger partial charge in [-0.25, -0.2) is 4.98 Å². The maximum absolute atomic E-state index is 4.20. The number of nitrogens with zero attached hydrogens (tertiary/aromatic N) is 4. The van der Waals surface area contributed by atoms with E-state index in [1.807, 2.05) is 24.4 Å². The number of aryl methyl sites for hydroxylation is 2. The normalized spacial score (nSPS) is 10.7. The van der Waals surface area contributed by atoms with Gasteiger partial charge >= 0.3 is 0 Å². The largest absolute Gasteiger partial charge is 0.285 e. The summed E-state index contributed by atoms with van der Waals surface area (Å²) in [6.45, 7) is 3.97. The van der Waals surface area contributed by atoms with Crippen LogP contribution in [0.5, 0.6) is 0 Å². The molecule has 4 nitrogen and oxygen atoms in total. The molecule has 0 saturated carbocycles. The number of hydrogen-bond acceptors (Lipinski definition) is 3. The second-order valence-electron chi connectivity index (χ2n) is 2.47. The zero-order valence-electron chi connectivity index (χ0n) is 6.44. The number of rotatable bonds is 0. The molecule has 0 bridgehead atoms. The third-order valence-corrected chi connectivity index (χ3v) is 1.80. The number of aromatic nitrogens is 4. The van der Waals surface area contributed by atoms with Crippen LogP contribution in [-0.4, -0.2) is 19.6 Å². The highest BCUT2D eigenvalue weighted by molar-refractivity contribution is 5.32. The molecule has 0 aromatic carbocycles. The Bertz CT molecular complexity index is 390. The van der Waals surface area contributed by atoms with E-state index in [0.717, 1.165) is 11.4 Å². The molecule has 0 unspecified atom stereocenters. The summed E-state index contributed by atoms with van der Waals surface area (Å²) in [5.41, 5.74) is 2.13.